The number of aliphatic carboxylic acids is 1. The fourth-order valence-corrected chi connectivity index (χ4v) is 2.68. The van der Waals surface area contributed by atoms with E-state index in [-0.39, 0.29) is 11.8 Å². The molecule has 0 radical (unpaired) electrons. The van der Waals surface area contributed by atoms with Crippen molar-refractivity contribution in [1.29, 1.82) is 0 Å². The van der Waals surface area contributed by atoms with Gasteiger partial charge in [0.05, 0.1) is 11.8 Å². The molecule has 5 heteroatoms. The Kier molecular flexibility index (Phi) is 4.14. The third-order valence-electron chi connectivity index (χ3n) is 3.64. The average molecular weight is 262 g/mol. The molecule has 1 amide bonds. The largest absolute Gasteiger partial charge is 0.481 e. The first kappa shape index (κ1) is 13.5. The van der Waals surface area contributed by atoms with Gasteiger partial charge in [0, 0.05) is 18.9 Å². The molecule has 1 aromatic heterocycles. The van der Waals surface area contributed by atoms with Crippen molar-refractivity contribution in [3.05, 3.63) is 30.1 Å². The lowest BCUT2D eigenvalue weighted by Crippen LogP contribution is -2.34. The number of hydrogen-bond acceptors (Lipinski definition) is 3. The minimum Gasteiger partial charge on any atom is -0.481 e. The molecule has 0 saturated heterocycles. The highest BCUT2D eigenvalue weighted by atomic mass is 16.4. The molecule has 0 bridgehead atoms. The molecule has 3 atom stereocenters. The fourth-order valence-electron chi connectivity index (χ4n) is 2.68. The second-order valence-electron chi connectivity index (χ2n) is 5.21. The average Bonchev–Trinajstić information content (AvgIpc) is 2.79. The van der Waals surface area contributed by atoms with Gasteiger partial charge in [-0.1, -0.05) is 13.0 Å². The molecule has 0 aromatic carbocycles. The number of hydrogen-bond donors (Lipinski definition) is 2. The zero-order valence-corrected chi connectivity index (χ0v) is 10.9. The van der Waals surface area contributed by atoms with E-state index in [1.165, 1.54) is 0 Å². The van der Waals surface area contributed by atoms with Crippen molar-refractivity contribution in [2.45, 2.75) is 26.3 Å². The first-order valence-electron chi connectivity index (χ1n) is 6.47. The molecule has 1 aliphatic carbocycles. The van der Waals surface area contributed by atoms with Crippen LogP contribution in [0.2, 0.25) is 0 Å². The molecule has 0 spiro atoms. The molecule has 102 valence electrons. The van der Waals surface area contributed by atoms with Gasteiger partial charge in [0.2, 0.25) is 5.91 Å². The van der Waals surface area contributed by atoms with Gasteiger partial charge in [0.1, 0.15) is 0 Å². The first-order valence-corrected chi connectivity index (χ1v) is 6.47. The maximum atomic E-state index is 12.1. The number of aromatic nitrogens is 1. The number of pyridine rings is 1. The van der Waals surface area contributed by atoms with Gasteiger partial charge in [-0.25, -0.2) is 0 Å². The van der Waals surface area contributed by atoms with Gasteiger partial charge in [-0.2, -0.15) is 0 Å². The Morgan fingerprint density at radius 1 is 1.42 bits per heavy atom. The molecular formula is C14H18N2O3. The minimum atomic E-state index is -0.870. The van der Waals surface area contributed by atoms with Crippen LogP contribution in [0.25, 0.3) is 0 Å². The normalized spacial score (nSPS) is 26.1. The Hall–Kier alpha value is -1.91. The van der Waals surface area contributed by atoms with Gasteiger partial charge < -0.3 is 10.4 Å². The number of rotatable bonds is 4. The van der Waals surface area contributed by atoms with Crippen LogP contribution in [-0.2, 0) is 16.1 Å². The summed E-state index contributed by atoms with van der Waals surface area (Å²) in [7, 11) is 0. The highest BCUT2D eigenvalue weighted by molar-refractivity contribution is 5.85. The topological polar surface area (TPSA) is 79.3 Å². The van der Waals surface area contributed by atoms with Gasteiger partial charge in [0.25, 0.3) is 0 Å². The Bertz CT molecular complexity index is 461. The summed E-state index contributed by atoms with van der Waals surface area (Å²) in [5, 5.41) is 11.9. The second-order valence-corrected chi connectivity index (χ2v) is 5.21. The van der Waals surface area contributed by atoms with E-state index in [9.17, 15) is 9.59 Å². The zero-order valence-electron chi connectivity index (χ0n) is 10.9. The number of carboxylic acid groups (broad SMARTS) is 1. The van der Waals surface area contributed by atoms with Crippen LogP contribution >= 0.6 is 0 Å². The number of carboxylic acids is 1. The molecule has 1 aromatic rings. The summed E-state index contributed by atoms with van der Waals surface area (Å²) in [6, 6.07) is 3.68. The summed E-state index contributed by atoms with van der Waals surface area (Å²) in [5.41, 5.74) is 0.911. The molecule has 2 N–H and O–H groups in total. The number of nitrogens with zero attached hydrogens (tertiary/aromatic N) is 1. The quantitative estimate of drug-likeness (QED) is 0.860. The SMILES string of the molecule is CC1C[C@H](C(=O)NCc2cccnc2)[C@H](C(=O)O)C1. The van der Waals surface area contributed by atoms with Gasteiger partial charge in [-0.15, -0.1) is 0 Å². The van der Waals surface area contributed by atoms with Crippen molar-refractivity contribution in [1.82, 2.24) is 10.3 Å². The number of nitrogens with one attached hydrogen (secondary N) is 1. The van der Waals surface area contributed by atoms with Crippen LogP contribution in [0.15, 0.2) is 24.5 Å². The number of amides is 1. The van der Waals surface area contributed by atoms with E-state index in [1.807, 2.05) is 13.0 Å². The first-order chi connectivity index (χ1) is 9.08. The van der Waals surface area contributed by atoms with Crippen molar-refractivity contribution in [2.75, 3.05) is 0 Å². The highest BCUT2D eigenvalue weighted by Gasteiger charge is 2.40. The number of carbonyl (C=O) groups is 2. The van der Waals surface area contributed by atoms with Crippen molar-refractivity contribution in [2.24, 2.45) is 17.8 Å². The Morgan fingerprint density at radius 3 is 2.79 bits per heavy atom. The predicted molar refractivity (Wildman–Crippen MR) is 69.1 cm³/mol. The second kappa shape index (κ2) is 5.82. The van der Waals surface area contributed by atoms with E-state index in [1.54, 1.807) is 18.5 Å². The Labute approximate surface area is 112 Å². The summed E-state index contributed by atoms with van der Waals surface area (Å²) in [5.74, 6) is -1.71. The van der Waals surface area contributed by atoms with E-state index in [4.69, 9.17) is 5.11 Å². The third-order valence-corrected chi connectivity index (χ3v) is 3.64. The lowest BCUT2D eigenvalue weighted by atomic mass is 9.95. The van der Waals surface area contributed by atoms with Crippen LogP contribution in [0.1, 0.15) is 25.3 Å². The summed E-state index contributed by atoms with van der Waals surface area (Å²) in [4.78, 5) is 27.2. The summed E-state index contributed by atoms with van der Waals surface area (Å²) in [6.45, 7) is 2.38. The molecule has 1 unspecified atom stereocenters. The Balaban J connectivity index is 1.94. The molecular weight excluding hydrogens is 244 g/mol. The van der Waals surface area contributed by atoms with E-state index in [0.29, 0.717) is 19.4 Å². The third kappa shape index (κ3) is 3.30. The van der Waals surface area contributed by atoms with Crippen LogP contribution in [0, 0.1) is 17.8 Å². The number of carbonyl (C=O) groups excluding carboxylic acids is 1. The predicted octanol–water partition coefficient (Wildman–Crippen LogP) is 1.44. The van der Waals surface area contributed by atoms with E-state index < -0.39 is 17.8 Å². The van der Waals surface area contributed by atoms with Gasteiger partial charge >= 0.3 is 5.97 Å². The van der Waals surface area contributed by atoms with E-state index in [2.05, 4.69) is 10.3 Å². The van der Waals surface area contributed by atoms with Gasteiger partial charge in [-0.3, -0.25) is 14.6 Å². The standard InChI is InChI=1S/C14H18N2O3/c1-9-5-11(12(6-9)14(18)19)13(17)16-8-10-3-2-4-15-7-10/h2-4,7,9,11-12H,5-6,8H2,1H3,(H,16,17)(H,18,19)/t9?,11-,12+/m0/s1. The fraction of sp³-hybridized carbons (Fsp3) is 0.500. The van der Waals surface area contributed by atoms with E-state index >= 15 is 0 Å². The van der Waals surface area contributed by atoms with Crippen molar-refractivity contribution >= 4 is 11.9 Å². The molecule has 1 fully saturated rings. The molecule has 2 rings (SSSR count). The van der Waals surface area contributed by atoms with Crippen LogP contribution in [0.4, 0.5) is 0 Å². The maximum absolute atomic E-state index is 12.1. The smallest absolute Gasteiger partial charge is 0.307 e. The monoisotopic (exact) mass is 262 g/mol. The molecule has 1 saturated carbocycles. The van der Waals surface area contributed by atoms with Crippen LogP contribution < -0.4 is 5.32 Å². The summed E-state index contributed by atoms with van der Waals surface area (Å²) in [6.07, 6.45) is 4.59. The molecule has 1 aliphatic rings. The van der Waals surface area contributed by atoms with Crippen molar-refractivity contribution in [3.8, 4) is 0 Å². The molecule has 19 heavy (non-hydrogen) atoms. The maximum Gasteiger partial charge on any atom is 0.307 e. The van der Waals surface area contributed by atoms with Gasteiger partial charge in [-0.05, 0) is 30.4 Å². The van der Waals surface area contributed by atoms with Crippen LogP contribution in [0.3, 0.4) is 0 Å². The summed E-state index contributed by atoms with van der Waals surface area (Å²) < 4.78 is 0. The summed E-state index contributed by atoms with van der Waals surface area (Å²) >= 11 is 0. The van der Waals surface area contributed by atoms with Crippen LogP contribution in [0.5, 0.6) is 0 Å². The van der Waals surface area contributed by atoms with E-state index in [0.717, 1.165) is 5.56 Å². The minimum absolute atomic E-state index is 0.166. The molecule has 1 heterocycles. The van der Waals surface area contributed by atoms with Crippen molar-refractivity contribution in [3.63, 3.8) is 0 Å². The van der Waals surface area contributed by atoms with Gasteiger partial charge in [0.15, 0.2) is 0 Å². The molecule has 5 nitrogen and oxygen atoms in total. The van der Waals surface area contributed by atoms with Crippen LogP contribution in [-0.4, -0.2) is 22.0 Å². The highest BCUT2D eigenvalue weighted by Crippen LogP contribution is 2.36. The lowest BCUT2D eigenvalue weighted by Gasteiger charge is -2.15. The lowest BCUT2D eigenvalue weighted by molar-refractivity contribution is -0.146. The zero-order chi connectivity index (χ0) is 13.8. The molecule has 0 aliphatic heterocycles. The Morgan fingerprint density at radius 2 is 2.16 bits per heavy atom. The van der Waals surface area contributed by atoms with Crippen molar-refractivity contribution < 1.29 is 14.7 Å².